The molecule has 6 nitrogen and oxygen atoms in total. The van der Waals surface area contributed by atoms with Gasteiger partial charge in [-0.05, 0) is 31.3 Å². The van der Waals surface area contributed by atoms with Gasteiger partial charge in [0, 0.05) is 13.7 Å². The lowest BCUT2D eigenvalue weighted by Gasteiger charge is -2.17. The van der Waals surface area contributed by atoms with Gasteiger partial charge in [-0.25, -0.2) is 4.79 Å². The molecule has 0 radical (unpaired) electrons. The first-order valence-corrected chi connectivity index (χ1v) is 7.19. The van der Waals surface area contributed by atoms with Crippen LogP contribution in [0.1, 0.15) is 19.3 Å². The van der Waals surface area contributed by atoms with E-state index in [1.165, 1.54) is 11.8 Å². The van der Waals surface area contributed by atoms with Crippen LogP contribution in [0.4, 0.5) is 0 Å². The van der Waals surface area contributed by atoms with Crippen molar-refractivity contribution in [3.05, 3.63) is 0 Å². The van der Waals surface area contributed by atoms with Crippen LogP contribution in [0.25, 0.3) is 0 Å². The highest BCUT2D eigenvalue weighted by atomic mass is 32.2. The zero-order chi connectivity index (χ0) is 14.0. The molecule has 0 rings (SSSR count). The largest absolute Gasteiger partial charge is 0.480 e. The third-order valence-corrected chi connectivity index (χ3v) is 3.07. The molecule has 0 saturated carbocycles. The van der Waals surface area contributed by atoms with Crippen LogP contribution in [0, 0.1) is 0 Å². The van der Waals surface area contributed by atoms with Gasteiger partial charge in [-0.1, -0.05) is 0 Å². The maximum Gasteiger partial charge on any atom is 0.326 e. The first-order valence-electron chi connectivity index (χ1n) is 5.79. The molecule has 7 heteroatoms. The van der Waals surface area contributed by atoms with Crippen molar-refractivity contribution in [2.75, 3.05) is 25.7 Å². The summed E-state index contributed by atoms with van der Waals surface area (Å²) in [4.78, 5) is 22.6. The Bertz CT molecular complexity index is 263. The maximum atomic E-state index is 11.7. The number of hydrogen-bond acceptors (Lipinski definition) is 5. The average molecular weight is 278 g/mol. The van der Waals surface area contributed by atoms with E-state index in [-0.39, 0.29) is 0 Å². The standard InChI is InChI=1S/C11H22N2O4S/c1-17-6-3-4-8(12)10(14)13-9(11(15)16)5-7-18-2/h8-9H,3-7,12H2,1-2H3,(H,13,14)(H,15,16). The molecule has 2 atom stereocenters. The molecule has 0 aromatic rings. The van der Waals surface area contributed by atoms with E-state index in [1.807, 2.05) is 6.26 Å². The predicted octanol–water partition coefficient (Wildman–Crippen LogP) is 0.0628. The quantitative estimate of drug-likeness (QED) is 0.489. The van der Waals surface area contributed by atoms with Crippen LogP contribution in [0.2, 0.25) is 0 Å². The minimum Gasteiger partial charge on any atom is -0.480 e. The predicted molar refractivity (Wildman–Crippen MR) is 71.7 cm³/mol. The molecule has 4 N–H and O–H groups in total. The molecule has 0 aromatic heterocycles. The minimum absolute atomic E-state index is 0.396. The summed E-state index contributed by atoms with van der Waals surface area (Å²) in [6.07, 6.45) is 3.44. The van der Waals surface area contributed by atoms with Gasteiger partial charge in [-0.3, -0.25) is 4.79 Å². The van der Waals surface area contributed by atoms with E-state index in [9.17, 15) is 9.59 Å². The summed E-state index contributed by atoms with van der Waals surface area (Å²) in [5.41, 5.74) is 5.67. The summed E-state index contributed by atoms with van der Waals surface area (Å²) >= 11 is 1.54. The van der Waals surface area contributed by atoms with Crippen LogP contribution in [0.15, 0.2) is 0 Å². The van der Waals surface area contributed by atoms with Crippen LogP contribution in [-0.4, -0.2) is 54.8 Å². The molecule has 1 amide bonds. The fraction of sp³-hybridized carbons (Fsp3) is 0.818. The summed E-state index contributed by atoms with van der Waals surface area (Å²) in [6, 6.07) is -1.55. The van der Waals surface area contributed by atoms with Crippen LogP contribution < -0.4 is 11.1 Å². The molecule has 0 heterocycles. The second-order valence-corrected chi connectivity index (χ2v) is 4.91. The van der Waals surface area contributed by atoms with Gasteiger partial charge in [-0.15, -0.1) is 0 Å². The highest BCUT2D eigenvalue weighted by Crippen LogP contribution is 2.02. The van der Waals surface area contributed by atoms with Gasteiger partial charge < -0.3 is 20.9 Å². The fourth-order valence-corrected chi connectivity index (χ4v) is 1.82. The normalized spacial score (nSPS) is 13.9. The molecule has 0 bridgehead atoms. The molecule has 0 aliphatic heterocycles. The van der Waals surface area contributed by atoms with E-state index in [4.69, 9.17) is 15.6 Å². The van der Waals surface area contributed by atoms with Crippen LogP contribution in [0.3, 0.4) is 0 Å². The van der Waals surface area contributed by atoms with E-state index in [0.29, 0.717) is 31.6 Å². The number of carboxylic acid groups (broad SMARTS) is 1. The van der Waals surface area contributed by atoms with E-state index >= 15 is 0 Å². The minimum atomic E-state index is -1.03. The van der Waals surface area contributed by atoms with Gasteiger partial charge in [0.2, 0.25) is 5.91 Å². The number of carboxylic acids is 1. The zero-order valence-corrected chi connectivity index (χ0v) is 11.7. The molecule has 0 saturated heterocycles. The number of thioether (sulfide) groups is 1. The molecule has 0 aromatic carbocycles. The molecule has 106 valence electrons. The van der Waals surface area contributed by atoms with Crippen LogP contribution >= 0.6 is 11.8 Å². The molecule has 2 unspecified atom stereocenters. The summed E-state index contributed by atoms with van der Waals surface area (Å²) in [5, 5.41) is 11.4. The van der Waals surface area contributed by atoms with Gasteiger partial charge in [0.1, 0.15) is 6.04 Å². The van der Waals surface area contributed by atoms with Crippen molar-refractivity contribution in [2.45, 2.75) is 31.3 Å². The lowest BCUT2D eigenvalue weighted by molar-refractivity contribution is -0.142. The number of carbonyl (C=O) groups excluding carboxylic acids is 1. The van der Waals surface area contributed by atoms with Gasteiger partial charge >= 0.3 is 5.97 Å². The monoisotopic (exact) mass is 278 g/mol. The van der Waals surface area contributed by atoms with Crippen molar-refractivity contribution in [1.82, 2.24) is 5.32 Å². The lowest BCUT2D eigenvalue weighted by Crippen LogP contribution is -2.48. The second kappa shape index (κ2) is 10.2. The Morgan fingerprint density at radius 2 is 2.11 bits per heavy atom. The number of aliphatic carboxylic acids is 1. The van der Waals surface area contributed by atoms with Crippen molar-refractivity contribution in [2.24, 2.45) is 5.73 Å². The Morgan fingerprint density at radius 3 is 2.61 bits per heavy atom. The van der Waals surface area contributed by atoms with Gasteiger partial charge in [-0.2, -0.15) is 11.8 Å². The number of nitrogens with two attached hydrogens (primary N) is 1. The Hall–Kier alpha value is -0.790. The Labute approximate surface area is 112 Å². The molecule has 0 fully saturated rings. The number of ether oxygens (including phenoxy) is 1. The Kier molecular flexibility index (Phi) is 9.72. The van der Waals surface area contributed by atoms with E-state index < -0.39 is 24.0 Å². The third-order valence-electron chi connectivity index (χ3n) is 2.43. The Balaban J connectivity index is 4.10. The van der Waals surface area contributed by atoms with Crippen molar-refractivity contribution in [1.29, 1.82) is 0 Å². The Morgan fingerprint density at radius 1 is 1.44 bits per heavy atom. The first kappa shape index (κ1) is 17.2. The van der Waals surface area contributed by atoms with E-state index in [1.54, 1.807) is 7.11 Å². The summed E-state index contributed by atoms with van der Waals surface area (Å²) in [7, 11) is 1.58. The lowest BCUT2D eigenvalue weighted by atomic mass is 10.1. The molecule has 0 spiro atoms. The number of amides is 1. The molecular formula is C11H22N2O4S. The highest BCUT2D eigenvalue weighted by Gasteiger charge is 2.22. The van der Waals surface area contributed by atoms with E-state index in [0.717, 1.165) is 0 Å². The fourth-order valence-electron chi connectivity index (χ4n) is 1.35. The van der Waals surface area contributed by atoms with Gasteiger partial charge in [0.15, 0.2) is 0 Å². The highest BCUT2D eigenvalue weighted by molar-refractivity contribution is 7.98. The van der Waals surface area contributed by atoms with E-state index in [2.05, 4.69) is 5.32 Å². The summed E-state index contributed by atoms with van der Waals surface area (Å²) < 4.78 is 4.86. The first-order chi connectivity index (χ1) is 8.52. The van der Waals surface area contributed by atoms with Gasteiger partial charge in [0.25, 0.3) is 0 Å². The van der Waals surface area contributed by atoms with Crippen LogP contribution in [0.5, 0.6) is 0 Å². The molecule has 0 aliphatic carbocycles. The number of carbonyl (C=O) groups is 2. The number of rotatable bonds is 10. The maximum absolute atomic E-state index is 11.7. The molecule has 18 heavy (non-hydrogen) atoms. The summed E-state index contributed by atoms with van der Waals surface area (Å²) in [5.74, 6) is -0.767. The zero-order valence-electron chi connectivity index (χ0n) is 10.8. The van der Waals surface area contributed by atoms with Crippen molar-refractivity contribution in [3.8, 4) is 0 Å². The van der Waals surface area contributed by atoms with Crippen LogP contribution in [-0.2, 0) is 14.3 Å². The molecule has 0 aliphatic rings. The van der Waals surface area contributed by atoms with Crippen molar-refractivity contribution >= 4 is 23.6 Å². The van der Waals surface area contributed by atoms with Crippen molar-refractivity contribution < 1.29 is 19.4 Å². The van der Waals surface area contributed by atoms with Gasteiger partial charge in [0.05, 0.1) is 6.04 Å². The summed E-state index contributed by atoms with van der Waals surface area (Å²) in [6.45, 7) is 0.538. The van der Waals surface area contributed by atoms with Crippen molar-refractivity contribution in [3.63, 3.8) is 0 Å². The number of methoxy groups -OCH3 is 1. The average Bonchev–Trinajstić information content (AvgIpc) is 2.33. The number of nitrogens with one attached hydrogen (secondary N) is 1. The smallest absolute Gasteiger partial charge is 0.326 e. The molecular weight excluding hydrogens is 256 g/mol. The second-order valence-electron chi connectivity index (χ2n) is 3.92. The SMILES string of the molecule is COCCCC(N)C(=O)NC(CCSC)C(=O)O. The third kappa shape index (κ3) is 7.52. The number of hydrogen-bond donors (Lipinski definition) is 3. The topological polar surface area (TPSA) is 102 Å².